The topological polar surface area (TPSA) is 106 Å². The van der Waals surface area contributed by atoms with E-state index in [1.54, 1.807) is 35.8 Å². The fourth-order valence-corrected chi connectivity index (χ4v) is 3.47. The number of nitrogens with zero attached hydrogens (tertiary/aromatic N) is 5. The number of rotatable bonds is 3. The van der Waals surface area contributed by atoms with Crippen molar-refractivity contribution in [1.29, 1.82) is 0 Å². The molecule has 1 unspecified atom stereocenters. The summed E-state index contributed by atoms with van der Waals surface area (Å²) < 4.78 is 10.7. The molecule has 2 amide bonds. The van der Waals surface area contributed by atoms with Gasteiger partial charge in [-0.2, -0.15) is 4.98 Å². The van der Waals surface area contributed by atoms with Crippen molar-refractivity contribution in [3.8, 4) is 0 Å². The number of aryl methyl sites for hydroxylation is 2. The van der Waals surface area contributed by atoms with E-state index in [0.29, 0.717) is 42.5 Å². The molecule has 3 aromatic rings. The Kier molecular flexibility index (Phi) is 5.11. The highest BCUT2D eigenvalue weighted by Gasteiger charge is 2.36. The van der Waals surface area contributed by atoms with Crippen LogP contribution in [0.15, 0.2) is 45.7 Å². The van der Waals surface area contributed by atoms with E-state index >= 15 is 0 Å². The molecule has 1 aromatic carbocycles. The Bertz CT molecular complexity index is 1010. The predicted molar refractivity (Wildman–Crippen MR) is 101 cm³/mol. The lowest BCUT2D eigenvalue weighted by atomic mass is 10.1. The SMILES string of the molecule is Cc1noc(C2CN(C(=O)c3ocnc3C)CCCN2C(=O)c2ccccc2)n1. The van der Waals surface area contributed by atoms with Crippen molar-refractivity contribution in [1.82, 2.24) is 24.9 Å². The van der Waals surface area contributed by atoms with E-state index in [1.807, 2.05) is 18.2 Å². The van der Waals surface area contributed by atoms with Crippen LogP contribution in [0.4, 0.5) is 0 Å². The zero-order valence-corrected chi connectivity index (χ0v) is 16.2. The summed E-state index contributed by atoms with van der Waals surface area (Å²) in [4.78, 5) is 37.9. The van der Waals surface area contributed by atoms with E-state index in [1.165, 1.54) is 6.39 Å². The Morgan fingerprint density at radius 1 is 1.10 bits per heavy atom. The maximum absolute atomic E-state index is 13.2. The van der Waals surface area contributed by atoms with Crippen LogP contribution >= 0.6 is 0 Å². The summed E-state index contributed by atoms with van der Waals surface area (Å²) in [6.07, 6.45) is 1.87. The maximum Gasteiger partial charge on any atom is 0.291 e. The molecule has 0 aliphatic carbocycles. The van der Waals surface area contributed by atoms with Crippen LogP contribution in [-0.2, 0) is 0 Å². The van der Waals surface area contributed by atoms with Crippen molar-refractivity contribution in [2.75, 3.05) is 19.6 Å². The number of hydrogen-bond acceptors (Lipinski definition) is 7. The predicted octanol–water partition coefficient (Wildman–Crippen LogP) is 2.40. The monoisotopic (exact) mass is 395 g/mol. The van der Waals surface area contributed by atoms with E-state index in [4.69, 9.17) is 8.94 Å². The molecule has 1 fully saturated rings. The minimum absolute atomic E-state index is 0.142. The largest absolute Gasteiger partial charge is 0.438 e. The average Bonchev–Trinajstić information content (AvgIpc) is 3.29. The number of hydrogen-bond donors (Lipinski definition) is 0. The van der Waals surface area contributed by atoms with Gasteiger partial charge in [0.2, 0.25) is 5.76 Å². The van der Waals surface area contributed by atoms with Crippen LogP contribution in [0.3, 0.4) is 0 Å². The van der Waals surface area contributed by atoms with E-state index in [-0.39, 0.29) is 24.1 Å². The highest BCUT2D eigenvalue weighted by Crippen LogP contribution is 2.27. The standard InChI is InChI=1S/C20H21N5O4/c1-13-17(28-12-21-13)20(27)24-9-6-10-25(19(26)15-7-4-3-5-8-15)16(11-24)18-22-14(2)23-29-18/h3-5,7-8,12,16H,6,9-11H2,1-2H3. The Morgan fingerprint density at radius 2 is 1.90 bits per heavy atom. The second kappa shape index (κ2) is 7.86. The molecule has 150 valence electrons. The van der Waals surface area contributed by atoms with Gasteiger partial charge in [0.1, 0.15) is 6.04 Å². The normalized spacial score (nSPS) is 17.2. The summed E-state index contributed by atoms with van der Waals surface area (Å²) in [6, 6.07) is 8.48. The number of amides is 2. The molecule has 1 aliphatic rings. The van der Waals surface area contributed by atoms with E-state index in [2.05, 4.69) is 15.1 Å². The zero-order valence-electron chi connectivity index (χ0n) is 16.2. The first-order chi connectivity index (χ1) is 14.0. The Morgan fingerprint density at radius 3 is 2.55 bits per heavy atom. The smallest absolute Gasteiger partial charge is 0.291 e. The van der Waals surface area contributed by atoms with Gasteiger partial charge in [-0.25, -0.2) is 4.98 Å². The molecule has 9 nitrogen and oxygen atoms in total. The van der Waals surface area contributed by atoms with Gasteiger partial charge < -0.3 is 18.7 Å². The lowest BCUT2D eigenvalue weighted by molar-refractivity contribution is 0.0582. The lowest BCUT2D eigenvalue weighted by Gasteiger charge is -2.29. The number of carbonyl (C=O) groups excluding carboxylic acids is 2. The fraction of sp³-hybridized carbons (Fsp3) is 0.350. The molecule has 1 aliphatic heterocycles. The molecule has 29 heavy (non-hydrogen) atoms. The Hall–Kier alpha value is -3.49. The molecule has 0 saturated carbocycles. The molecular weight excluding hydrogens is 374 g/mol. The van der Waals surface area contributed by atoms with Crippen molar-refractivity contribution in [2.45, 2.75) is 26.3 Å². The molecule has 4 rings (SSSR count). The second-order valence-corrected chi connectivity index (χ2v) is 6.93. The van der Waals surface area contributed by atoms with Gasteiger partial charge in [-0.05, 0) is 32.4 Å². The molecule has 0 spiro atoms. The number of carbonyl (C=O) groups is 2. The van der Waals surface area contributed by atoms with Crippen molar-refractivity contribution < 1.29 is 18.5 Å². The van der Waals surface area contributed by atoms with Gasteiger partial charge >= 0.3 is 0 Å². The van der Waals surface area contributed by atoms with E-state index in [0.717, 1.165) is 0 Å². The minimum Gasteiger partial charge on any atom is -0.438 e. The molecule has 3 heterocycles. The maximum atomic E-state index is 13.2. The van der Waals surface area contributed by atoms with E-state index < -0.39 is 6.04 Å². The van der Waals surface area contributed by atoms with Crippen LogP contribution in [-0.4, -0.2) is 56.4 Å². The van der Waals surface area contributed by atoms with Gasteiger partial charge in [-0.15, -0.1) is 0 Å². The van der Waals surface area contributed by atoms with Crippen molar-refractivity contribution >= 4 is 11.8 Å². The quantitative estimate of drug-likeness (QED) is 0.670. The summed E-state index contributed by atoms with van der Waals surface area (Å²) in [5.41, 5.74) is 1.10. The van der Waals surface area contributed by atoms with Gasteiger partial charge in [0.05, 0.1) is 12.2 Å². The summed E-state index contributed by atoms with van der Waals surface area (Å²) >= 11 is 0. The summed E-state index contributed by atoms with van der Waals surface area (Å²) in [7, 11) is 0. The van der Waals surface area contributed by atoms with E-state index in [9.17, 15) is 9.59 Å². The zero-order chi connectivity index (χ0) is 20.4. The van der Waals surface area contributed by atoms with Gasteiger partial charge in [-0.3, -0.25) is 9.59 Å². The molecule has 0 radical (unpaired) electrons. The second-order valence-electron chi connectivity index (χ2n) is 6.93. The third-order valence-corrected chi connectivity index (χ3v) is 4.93. The summed E-state index contributed by atoms with van der Waals surface area (Å²) in [6.45, 7) is 4.59. The molecule has 0 bridgehead atoms. The highest BCUT2D eigenvalue weighted by molar-refractivity contribution is 5.95. The molecule has 9 heteroatoms. The van der Waals surface area contributed by atoms with Crippen LogP contribution in [0.25, 0.3) is 0 Å². The van der Waals surface area contributed by atoms with Gasteiger partial charge in [-0.1, -0.05) is 23.4 Å². The number of aromatic nitrogens is 3. The number of benzene rings is 1. The van der Waals surface area contributed by atoms with Gasteiger partial charge in [0.25, 0.3) is 17.7 Å². The third kappa shape index (κ3) is 3.75. The van der Waals surface area contributed by atoms with Crippen molar-refractivity contribution in [3.63, 3.8) is 0 Å². The Labute approximate surface area is 167 Å². The van der Waals surface area contributed by atoms with Crippen LogP contribution in [0, 0.1) is 13.8 Å². The fourth-order valence-electron chi connectivity index (χ4n) is 3.47. The Balaban J connectivity index is 1.67. The average molecular weight is 395 g/mol. The van der Waals surface area contributed by atoms with Gasteiger partial charge in [0, 0.05) is 18.7 Å². The first kappa shape index (κ1) is 18.9. The number of oxazole rings is 1. The molecular formula is C20H21N5O4. The minimum atomic E-state index is -0.557. The van der Waals surface area contributed by atoms with Crippen molar-refractivity contribution in [2.24, 2.45) is 0 Å². The summed E-state index contributed by atoms with van der Waals surface area (Å²) in [5, 5.41) is 3.87. The summed E-state index contributed by atoms with van der Waals surface area (Å²) in [5.74, 6) is 0.571. The van der Waals surface area contributed by atoms with Crippen LogP contribution in [0.5, 0.6) is 0 Å². The molecule has 1 atom stereocenters. The highest BCUT2D eigenvalue weighted by atomic mass is 16.5. The molecule has 1 saturated heterocycles. The van der Waals surface area contributed by atoms with Crippen LogP contribution in [0.1, 0.15) is 50.8 Å². The lowest BCUT2D eigenvalue weighted by Crippen LogP contribution is -2.40. The molecule has 0 N–H and O–H groups in total. The third-order valence-electron chi connectivity index (χ3n) is 4.93. The first-order valence-corrected chi connectivity index (χ1v) is 9.40. The molecule has 2 aromatic heterocycles. The van der Waals surface area contributed by atoms with Crippen LogP contribution < -0.4 is 0 Å². The van der Waals surface area contributed by atoms with Crippen LogP contribution in [0.2, 0.25) is 0 Å². The first-order valence-electron chi connectivity index (χ1n) is 9.40. The van der Waals surface area contributed by atoms with Gasteiger partial charge in [0.15, 0.2) is 12.2 Å². The van der Waals surface area contributed by atoms with Crippen molar-refractivity contribution in [3.05, 3.63) is 65.5 Å².